The molecule has 1 N–H and O–H groups in total. The summed E-state index contributed by atoms with van der Waals surface area (Å²) in [7, 11) is 0. The molecule has 0 fully saturated rings. The van der Waals surface area contributed by atoms with Crippen LogP contribution in [0, 0.1) is 0 Å². The standard InChI is InChI=1S/C16H16ClNO2S/c17-12-6-1-3-8-14(12)20-11-5-10-16(19)18-13-7-2-4-9-15(13)21/h1-4,6-9,21H,5,10-11H2,(H,18,19). The van der Waals surface area contributed by atoms with Crippen LogP contribution in [0.3, 0.4) is 0 Å². The predicted octanol–water partition coefficient (Wildman–Crippen LogP) is 4.43. The first-order chi connectivity index (χ1) is 10.2. The van der Waals surface area contributed by atoms with Gasteiger partial charge in [-0.25, -0.2) is 0 Å². The Morgan fingerprint density at radius 2 is 1.86 bits per heavy atom. The van der Waals surface area contributed by atoms with Crippen LogP contribution in [0.2, 0.25) is 5.02 Å². The maximum Gasteiger partial charge on any atom is 0.224 e. The third-order valence-electron chi connectivity index (χ3n) is 2.82. The van der Waals surface area contributed by atoms with Gasteiger partial charge in [0.15, 0.2) is 0 Å². The lowest BCUT2D eigenvalue weighted by molar-refractivity contribution is -0.116. The van der Waals surface area contributed by atoms with Crippen molar-refractivity contribution in [1.29, 1.82) is 0 Å². The summed E-state index contributed by atoms with van der Waals surface area (Å²) in [5, 5.41) is 3.40. The molecule has 5 heteroatoms. The second-order valence-electron chi connectivity index (χ2n) is 4.45. The summed E-state index contributed by atoms with van der Waals surface area (Å²) in [6.45, 7) is 0.444. The topological polar surface area (TPSA) is 38.3 Å². The highest BCUT2D eigenvalue weighted by atomic mass is 35.5. The summed E-state index contributed by atoms with van der Waals surface area (Å²) in [6.07, 6.45) is 0.998. The molecular weight excluding hydrogens is 306 g/mol. The Morgan fingerprint density at radius 3 is 2.62 bits per heavy atom. The summed E-state index contributed by atoms with van der Waals surface area (Å²) in [4.78, 5) is 12.6. The van der Waals surface area contributed by atoms with E-state index in [1.54, 1.807) is 12.1 Å². The van der Waals surface area contributed by atoms with Gasteiger partial charge in [0.1, 0.15) is 5.75 Å². The van der Waals surface area contributed by atoms with E-state index < -0.39 is 0 Å². The number of carbonyl (C=O) groups excluding carboxylic acids is 1. The second kappa shape index (κ2) is 7.96. The van der Waals surface area contributed by atoms with E-state index in [-0.39, 0.29) is 5.91 Å². The smallest absolute Gasteiger partial charge is 0.224 e. The maximum absolute atomic E-state index is 11.8. The Kier molecular flexibility index (Phi) is 5.96. The van der Waals surface area contributed by atoms with Crippen molar-refractivity contribution < 1.29 is 9.53 Å². The van der Waals surface area contributed by atoms with Crippen molar-refractivity contribution in [3.63, 3.8) is 0 Å². The molecule has 0 aromatic heterocycles. The number of hydrogen-bond acceptors (Lipinski definition) is 3. The van der Waals surface area contributed by atoms with Crippen molar-refractivity contribution >= 4 is 35.8 Å². The fourth-order valence-corrected chi connectivity index (χ4v) is 2.18. The molecule has 0 heterocycles. The van der Waals surface area contributed by atoms with Gasteiger partial charge in [-0.05, 0) is 30.7 Å². The van der Waals surface area contributed by atoms with Gasteiger partial charge in [-0.3, -0.25) is 4.79 Å². The van der Waals surface area contributed by atoms with Gasteiger partial charge in [0.25, 0.3) is 0 Å². The van der Waals surface area contributed by atoms with Gasteiger partial charge < -0.3 is 10.1 Å². The lowest BCUT2D eigenvalue weighted by Crippen LogP contribution is -2.13. The summed E-state index contributed by atoms with van der Waals surface area (Å²) < 4.78 is 5.53. The molecule has 0 radical (unpaired) electrons. The highest BCUT2D eigenvalue weighted by Crippen LogP contribution is 2.23. The number of hydrogen-bond donors (Lipinski definition) is 2. The molecule has 2 aromatic rings. The van der Waals surface area contributed by atoms with Crippen LogP contribution in [0.1, 0.15) is 12.8 Å². The number of thiol groups is 1. The first-order valence-corrected chi connectivity index (χ1v) is 7.44. The van der Waals surface area contributed by atoms with Crippen molar-refractivity contribution in [3.05, 3.63) is 53.6 Å². The third kappa shape index (κ3) is 4.99. The maximum atomic E-state index is 11.8. The van der Waals surface area contributed by atoms with Gasteiger partial charge in [-0.15, -0.1) is 12.6 Å². The molecule has 0 atom stereocenters. The van der Waals surface area contributed by atoms with Crippen LogP contribution < -0.4 is 10.1 Å². The number of rotatable bonds is 6. The quantitative estimate of drug-likeness (QED) is 0.610. The Hall–Kier alpha value is -1.65. The van der Waals surface area contributed by atoms with Gasteiger partial charge in [0, 0.05) is 11.3 Å². The van der Waals surface area contributed by atoms with Crippen molar-refractivity contribution in [2.75, 3.05) is 11.9 Å². The number of nitrogens with one attached hydrogen (secondary N) is 1. The average Bonchev–Trinajstić information content (AvgIpc) is 2.48. The van der Waals surface area contributed by atoms with E-state index in [1.807, 2.05) is 36.4 Å². The molecule has 0 unspecified atom stereocenters. The van der Waals surface area contributed by atoms with Crippen LogP contribution in [0.5, 0.6) is 5.75 Å². The molecule has 21 heavy (non-hydrogen) atoms. The van der Waals surface area contributed by atoms with Crippen LogP contribution in [0.25, 0.3) is 0 Å². The van der Waals surface area contributed by atoms with E-state index in [1.165, 1.54) is 0 Å². The molecule has 0 saturated carbocycles. The first kappa shape index (κ1) is 15.7. The lowest BCUT2D eigenvalue weighted by Gasteiger charge is -2.09. The number of ether oxygens (including phenoxy) is 1. The summed E-state index contributed by atoms with van der Waals surface area (Å²) >= 11 is 10.3. The molecule has 110 valence electrons. The van der Waals surface area contributed by atoms with E-state index in [4.69, 9.17) is 16.3 Å². The van der Waals surface area contributed by atoms with Crippen LogP contribution in [-0.2, 0) is 4.79 Å². The van der Waals surface area contributed by atoms with Gasteiger partial charge in [0.05, 0.1) is 17.3 Å². The zero-order chi connectivity index (χ0) is 15.1. The number of amides is 1. The Morgan fingerprint density at radius 1 is 1.14 bits per heavy atom. The Labute approximate surface area is 134 Å². The Balaban J connectivity index is 1.73. The molecule has 0 bridgehead atoms. The SMILES string of the molecule is O=C(CCCOc1ccccc1Cl)Nc1ccccc1S. The van der Waals surface area contributed by atoms with Crippen molar-refractivity contribution in [1.82, 2.24) is 0 Å². The number of benzene rings is 2. The van der Waals surface area contributed by atoms with E-state index >= 15 is 0 Å². The highest BCUT2D eigenvalue weighted by Gasteiger charge is 2.05. The van der Waals surface area contributed by atoms with Crippen molar-refractivity contribution in [2.24, 2.45) is 0 Å². The minimum Gasteiger partial charge on any atom is -0.492 e. The number of anilines is 1. The zero-order valence-corrected chi connectivity index (χ0v) is 13.0. The number of carbonyl (C=O) groups is 1. The molecule has 0 spiro atoms. The molecule has 1 amide bonds. The fraction of sp³-hybridized carbons (Fsp3) is 0.188. The zero-order valence-electron chi connectivity index (χ0n) is 11.4. The van der Waals surface area contributed by atoms with E-state index in [9.17, 15) is 4.79 Å². The van der Waals surface area contributed by atoms with E-state index in [2.05, 4.69) is 17.9 Å². The molecule has 0 aliphatic rings. The first-order valence-electron chi connectivity index (χ1n) is 6.62. The molecule has 3 nitrogen and oxygen atoms in total. The second-order valence-corrected chi connectivity index (χ2v) is 5.34. The van der Waals surface area contributed by atoms with E-state index in [0.29, 0.717) is 30.2 Å². The molecule has 0 aliphatic heterocycles. The van der Waals surface area contributed by atoms with Crippen LogP contribution in [0.4, 0.5) is 5.69 Å². The van der Waals surface area contributed by atoms with Crippen LogP contribution >= 0.6 is 24.2 Å². The molecular formula is C16H16ClNO2S. The minimum atomic E-state index is -0.0562. The highest BCUT2D eigenvalue weighted by molar-refractivity contribution is 7.80. The van der Waals surface area contributed by atoms with E-state index in [0.717, 1.165) is 10.6 Å². The normalized spacial score (nSPS) is 10.2. The summed E-state index contributed by atoms with van der Waals surface area (Å²) in [6, 6.07) is 14.7. The molecule has 2 rings (SSSR count). The summed E-state index contributed by atoms with van der Waals surface area (Å²) in [5.41, 5.74) is 0.720. The van der Waals surface area contributed by atoms with Gasteiger partial charge in [-0.2, -0.15) is 0 Å². The third-order valence-corrected chi connectivity index (χ3v) is 3.52. The number of para-hydroxylation sites is 2. The lowest BCUT2D eigenvalue weighted by atomic mass is 10.2. The average molecular weight is 322 g/mol. The van der Waals surface area contributed by atoms with Crippen molar-refractivity contribution in [3.8, 4) is 5.75 Å². The fourth-order valence-electron chi connectivity index (χ4n) is 1.77. The summed E-state index contributed by atoms with van der Waals surface area (Å²) in [5.74, 6) is 0.583. The minimum absolute atomic E-state index is 0.0562. The monoisotopic (exact) mass is 321 g/mol. The van der Waals surface area contributed by atoms with Crippen LogP contribution in [-0.4, -0.2) is 12.5 Å². The van der Waals surface area contributed by atoms with Gasteiger partial charge in [-0.1, -0.05) is 35.9 Å². The Bertz CT molecular complexity index is 619. The van der Waals surface area contributed by atoms with Gasteiger partial charge >= 0.3 is 0 Å². The number of halogens is 1. The largest absolute Gasteiger partial charge is 0.492 e. The van der Waals surface area contributed by atoms with Crippen molar-refractivity contribution in [2.45, 2.75) is 17.7 Å². The van der Waals surface area contributed by atoms with Crippen LogP contribution in [0.15, 0.2) is 53.4 Å². The molecule has 0 aliphatic carbocycles. The molecule has 2 aromatic carbocycles. The van der Waals surface area contributed by atoms with Gasteiger partial charge in [0.2, 0.25) is 5.91 Å². The molecule has 0 saturated heterocycles. The predicted molar refractivity (Wildman–Crippen MR) is 88.5 cm³/mol.